The third kappa shape index (κ3) is 11.1. The number of rotatable bonds is 10. The first kappa shape index (κ1) is 41.6. The maximum Gasteiger partial charge on any atom is 0.250 e. The number of ether oxygens (including phenoxy) is 3. The maximum absolute atomic E-state index is 13.0. The van der Waals surface area contributed by atoms with Crippen LogP contribution in [-0.2, 0) is 19.8 Å². The number of carbonyl (C=O) groups excluding carboxylic acids is 1. The quantitative estimate of drug-likeness (QED) is 0.0715. The molecule has 11 heteroatoms. The van der Waals surface area contributed by atoms with Gasteiger partial charge in [0.2, 0.25) is 5.91 Å². The number of piperidine rings is 1. The number of aliphatic hydroxyl groups is 2. The molecule has 300 valence electrons. The Kier molecular flexibility index (Phi) is 14.5. The summed E-state index contributed by atoms with van der Waals surface area (Å²) in [4.78, 5) is 19.0. The normalized spacial score (nSPS) is 17.1. The molecule has 1 saturated heterocycles. The van der Waals surface area contributed by atoms with Gasteiger partial charge in [0.1, 0.15) is 36.2 Å². The molecule has 10 nitrogen and oxygen atoms in total. The van der Waals surface area contributed by atoms with Crippen LogP contribution in [0.2, 0.25) is 5.02 Å². The number of benzene rings is 4. The van der Waals surface area contributed by atoms with Crippen molar-refractivity contribution in [2.75, 3.05) is 32.8 Å². The number of aliphatic hydroxyl groups excluding tert-OH is 2. The van der Waals surface area contributed by atoms with Gasteiger partial charge in [-0.15, -0.1) is 0 Å². The van der Waals surface area contributed by atoms with Gasteiger partial charge in [-0.05, 0) is 116 Å². The lowest BCUT2D eigenvalue weighted by Gasteiger charge is -2.29. The molecule has 0 spiro atoms. The molecule has 2 heterocycles. The number of carbonyl (C=O) groups is 1. The minimum absolute atomic E-state index is 0.0356. The van der Waals surface area contributed by atoms with Crippen molar-refractivity contribution >= 4 is 23.2 Å². The Morgan fingerprint density at radius 3 is 2.54 bits per heavy atom. The summed E-state index contributed by atoms with van der Waals surface area (Å²) in [5.41, 5.74) is 7.54. The first-order chi connectivity index (χ1) is 27.6. The summed E-state index contributed by atoms with van der Waals surface area (Å²) in [6.45, 7) is 20.2. The highest BCUT2D eigenvalue weighted by atomic mass is 35.5. The Morgan fingerprint density at radius 1 is 1.00 bits per heavy atom. The fourth-order valence-corrected chi connectivity index (χ4v) is 7.67. The Bertz CT molecular complexity index is 2090. The molecule has 0 saturated carbocycles. The van der Waals surface area contributed by atoms with E-state index in [-0.39, 0.29) is 37.0 Å². The van der Waals surface area contributed by atoms with E-state index in [0.717, 1.165) is 84.4 Å². The predicted octanol–water partition coefficient (Wildman–Crippen LogP) is 9.00. The lowest BCUT2D eigenvalue weighted by Crippen LogP contribution is -2.36. The van der Waals surface area contributed by atoms with E-state index < -0.39 is 0 Å². The highest BCUT2D eigenvalue weighted by Gasteiger charge is 2.20. The van der Waals surface area contributed by atoms with Crippen LogP contribution in [0, 0.1) is 20.4 Å². The van der Waals surface area contributed by atoms with Gasteiger partial charge in [0, 0.05) is 49.9 Å². The van der Waals surface area contributed by atoms with Crippen LogP contribution in [0.4, 0.5) is 5.69 Å². The largest absolute Gasteiger partial charge is 0.511 e. The predicted molar refractivity (Wildman–Crippen MR) is 225 cm³/mol. The molecule has 0 unspecified atom stereocenters. The van der Waals surface area contributed by atoms with Crippen molar-refractivity contribution in [1.29, 1.82) is 0 Å². The number of nitrogens with zero attached hydrogens (tertiary/aromatic N) is 2. The molecule has 0 aliphatic carbocycles. The van der Waals surface area contributed by atoms with Crippen LogP contribution in [0.25, 0.3) is 16.0 Å². The van der Waals surface area contributed by atoms with Gasteiger partial charge in [0.25, 0.3) is 0 Å². The lowest BCUT2D eigenvalue weighted by molar-refractivity contribution is 0.0800. The monoisotopic (exact) mass is 792 g/mol. The second-order valence-electron chi connectivity index (χ2n) is 14.9. The summed E-state index contributed by atoms with van der Waals surface area (Å²) in [6.07, 6.45) is 4.52. The number of fused-ring (bicyclic) bond motifs is 3. The summed E-state index contributed by atoms with van der Waals surface area (Å²) >= 11 is 6.88. The van der Waals surface area contributed by atoms with E-state index in [1.54, 1.807) is 24.3 Å². The molecular formula is C46H53ClN4O6. The number of nitrogens with one attached hydrogen (secondary N) is 2. The average Bonchev–Trinajstić information content (AvgIpc) is 3.20. The topological polar surface area (TPSA) is 117 Å². The minimum atomic E-state index is -0.364. The Morgan fingerprint density at radius 2 is 1.77 bits per heavy atom. The van der Waals surface area contributed by atoms with Crippen molar-refractivity contribution in [2.24, 2.45) is 0 Å². The number of hydrogen-bond donors (Lipinski definition) is 4. The summed E-state index contributed by atoms with van der Waals surface area (Å²) < 4.78 is 19.1. The Balaban J connectivity index is 1.19. The van der Waals surface area contributed by atoms with Crippen molar-refractivity contribution in [3.63, 3.8) is 0 Å². The van der Waals surface area contributed by atoms with Crippen LogP contribution in [0.15, 0.2) is 79.1 Å². The molecule has 2 aliphatic heterocycles. The van der Waals surface area contributed by atoms with Crippen LogP contribution in [0.1, 0.15) is 76.7 Å². The van der Waals surface area contributed by atoms with E-state index in [2.05, 4.69) is 52.9 Å². The molecule has 4 aromatic rings. The molecule has 2 bridgehead atoms. The number of halogens is 1. The SMILES string of the molecule is [C-]#[N+]c1cc2cc(c1)C(=O)NCCCC[C@@H](C(=C)O)NCc1cc(Cl)c(OCc3cccc(-c4cccc(OCCCN5CCC(O)CC5)c4C)c3C)cc1OC2. The van der Waals surface area contributed by atoms with E-state index in [1.165, 1.54) is 0 Å². The number of hydrogen-bond acceptors (Lipinski definition) is 8. The van der Waals surface area contributed by atoms with Crippen molar-refractivity contribution in [1.82, 2.24) is 15.5 Å². The molecule has 0 radical (unpaired) electrons. The molecule has 1 atom stereocenters. The zero-order chi connectivity index (χ0) is 40.3. The van der Waals surface area contributed by atoms with Gasteiger partial charge in [-0.1, -0.05) is 48.5 Å². The van der Waals surface area contributed by atoms with Crippen LogP contribution < -0.4 is 24.8 Å². The van der Waals surface area contributed by atoms with Gasteiger partial charge in [-0.2, -0.15) is 0 Å². The molecule has 2 aliphatic rings. The van der Waals surface area contributed by atoms with E-state index in [9.17, 15) is 15.0 Å². The highest BCUT2D eigenvalue weighted by molar-refractivity contribution is 6.32. The second-order valence-corrected chi connectivity index (χ2v) is 15.3. The molecule has 4 N–H and O–H groups in total. The van der Waals surface area contributed by atoms with Crippen molar-refractivity contribution in [2.45, 2.75) is 84.3 Å². The van der Waals surface area contributed by atoms with Crippen molar-refractivity contribution < 1.29 is 29.2 Å². The minimum Gasteiger partial charge on any atom is -0.511 e. The molecule has 1 amide bonds. The van der Waals surface area contributed by atoms with Gasteiger partial charge >= 0.3 is 0 Å². The molecule has 1 fully saturated rings. The van der Waals surface area contributed by atoms with Gasteiger partial charge in [0.15, 0.2) is 5.69 Å². The number of likely N-dealkylation sites (tertiary alicyclic amines) is 1. The van der Waals surface area contributed by atoms with Gasteiger partial charge in [-0.3, -0.25) is 4.79 Å². The zero-order valence-corrected chi connectivity index (χ0v) is 33.7. The summed E-state index contributed by atoms with van der Waals surface area (Å²) in [6, 6.07) is 20.6. The van der Waals surface area contributed by atoms with E-state index in [4.69, 9.17) is 32.4 Å². The van der Waals surface area contributed by atoms with Crippen LogP contribution in [0.3, 0.4) is 0 Å². The molecule has 57 heavy (non-hydrogen) atoms. The fraction of sp³-hybridized carbons (Fsp3) is 0.391. The third-order valence-corrected chi connectivity index (χ3v) is 11.2. The third-order valence-electron chi connectivity index (χ3n) is 10.9. The van der Waals surface area contributed by atoms with Crippen LogP contribution in [-0.4, -0.2) is 66.0 Å². The lowest BCUT2D eigenvalue weighted by atomic mass is 9.93. The molecule has 6 rings (SSSR count). The summed E-state index contributed by atoms with van der Waals surface area (Å²) in [7, 11) is 0. The molecule has 0 aromatic heterocycles. The average molecular weight is 793 g/mol. The molecule has 4 aromatic carbocycles. The smallest absolute Gasteiger partial charge is 0.250 e. The second kappa shape index (κ2) is 19.9. The summed E-state index contributed by atoms with van der Waals surface area (Å²) in [5.74, 6) is 1.61. The van der Waals surface area contributed by atoms with Crippen molar-refractivity contribution in [3.8, 4) is 28.4 Å². The van der Waals surface area contributed by atoms with Crippen LogP contribution in [0.5, 0.6) is 17.2 Å². The number of amides is 1. The first-order valence-corrected chi connectivity index (χ1v) is 20.2. The van der Waals surface area contributed by atoms with Gasteiger partial charge in [-0.25, -0.2) is 4.85 Å². The van der Waals surface area contributed by atoms with Gasteiger partial charge in [0.05, 0.1) is 30.3 Å². The van der Waals surface area contributed by atoms with E-state index >= 15 is 0 Å². The zero-order valence-electron chi connectivity index (χ0n) is 32.9. The maximum atomic E-state index is 13.0. The standard InChI is InChI=1S/C46H53ClN4O6/c1-30-34(10-7-11-39(30)40-12-8-14-43(31(40)2)55-21-9-18-51-19-15-38(53)16-20-51)29-57-45-26-44-36(25-41(45)47)27-50-42(32(3)52)13-5-6-17-49-46(54)35-22-33(28-56-44)23-37(24-35)48-4/h7-8,10-12,14,22-26,38,42,50,52-53H,3,5-6,9,13,15-21,27-29H2,1-2H3,(H,49,54)/t42-/m0/s1. The highest BCUT2D eigenvalue weighted by Crippen LogP contribution is 2.37. The Hall–Kier alpha value is -5.05. The van der Waals surface area contributed by atoms with E-state index in [1.807, 2.05) is 30.3 Å². The van der Waals surface area contributed by atoms with Crippen LogP contribution >= 0.6 is 11.6 Å². The van der Waals surface area contributed by atoms with E-state index in [0.29, 0.717) is 65.9 Å². The fourth-order valence-electron chi connectivity index (χ4n) is 7.43. The molecular weight excluding hydrogens is 740 g/mol. The van der Waals surface area contributed by atoms with Gasteiger partial charge < -0.3 is 40.0 Å². The first-order valence-electron chi connectivity index (χ1n) is 19.8. The Labute approximate surface area is 341 Å². The van der Waals surface area contributed by atoms with Crippen molar-refractivity contribution in [3.05, 3.63) is 129 Å². The summed E-state index contributed by atoms with van der Waals surface area (Å²) in [5, 5.41) is 26.9.